The van der Waals surface area contributed by atoms with Gasteiger partial charge in [0, 0.05) is 18.8 Å². The van der Waals surface area contributed by atoms with Crippen LogP contribution in [0.5, 0.6) is 5.75 Å². The van der Waals surface area contributed by atoms with E-state index in [0.717, 1.165) is 5.75 Å². The van der Waals surface area contributed by atoms with Gasteiger partial charge in [-0.3, -0.25) is 4.79 Å². The van der Waals surface area contributed by atoms with E-state index < -0.39 is 15.9 Å². The van der Waals surface area contributed by atoms with Crippen LogP contribution in [0.2, 0.25) is 0 Å². The van der Waals surface area contributed by atoms with Gasteiger partial charge in [0.05, 0.1) is 23.1 Å². The summed E-state index contributed by atoms with van der Waals surface area (Å²) in [7, 11) is -3.72. The number of nitrogens with one attached hydrogen (secondary N) is 1. The Morgan fingerprint density at radius 3 is 2.56 bits per heavy atom. The first-order valence-electron chi connectivity index (χ1n) is 10.3. The Labute approximate surface area is 186 Å². The first kappa shape index (κ1) is 21.9. The molecule has 0 unspecified atom stereocenters. The summed E-state index contributed by atoms with van der Waals surface area (Å²) >= 11 is 0. The fourth-order valence-corrected chi connectivity index (χ4v) is 5.14. The van der Waals surface area contributed by atoms with Crippen molar-refractivity contribution in [1.82, 2.24) is 24.5 Å². The number of aromatic nitrogens is 4. The SMILES string of the molecule is CCOc1ccc(NC(=O)[C@H]2CCCN(S(=O)(=O)c3ccc(-n4cnnn4)cc3)C2)cc1. The highest BCUT2D eigenvalue weighted by molar-refractivity contribution is 7.89. The molecule has 1 saturated heterocycles. The number of anilines is 1. The predicted molar refractivity (Wildman–Crippen MR) is 117 cm³/mol. The number of amides is 1. The number of benzene rings is 2. The van der Waals surface area contributed by atoms with Crippen LogP contribution in [-0.2, 0) is 14.8 Å². The summed E-state index contributed by atoms with van der Waals surface area (Å²) in [4.78, 5) is 12.9. The molecule has 0 saturated carbocycles. The Hall–Kier alpha value is -3.31. The lowest BCUT2D eigenvalue weighted by molar-refractivity contribution is -0.120. The predicted octanol–water partition coefficient (Wildman–Crippen LogP) is 2.10. The van der Waals surface area contributed by atoms with E-state index in [1.807, 2.05) is 6.92 Å². The maximum atomic E-state index is 13.1. The molecule has 0 spiro atoms. The number of rotatable bonds is 7. The Kier molecular flexibility index (Phi) is 6.47. The van der Waals surface area contributed by atoms with Crippen molar-refractivity contribution in [2.75, 3.05) is 25.0 Å². The first-order chi connectivity index (χ1) is 15.5. The minimum atomic E-state index is -3.72. The molecule has 1 amide bonds. The van der Waals surface area contributed by atoms with E-state index in [1.165, 1.54) is 27.4 Å². The maximum absolute atomic E-state index is 13.1. The number of piperidine rings is 1. The van der Waals surface area contributed by atoms with E-state index in [2.05, 4.69) is 20.8 Å². The van der Waals surface area contributed by atoms with Crippen molar-refractivity contribution < 1.29 is 17.9 Å². The molecule has 32 heavy (non-hydrogen) atoms. The van der Waals surface area contributed by atoms with Crippen LogP contribution in [0.3, 0.4) is 0 Å². The van der Waals surface area contributed by atoms with E-state index >= 15 is 0 Å². The Bertz CT molecular complexity index is 1150. The van der Waals surface area contributed by atoms with Gasteiger partial charge in [-0.05, 0) is 78.7 Å². The van der Waals surface area contributed by atoms with E-state index in [4.69, 9.17) is 4.74 Å². The molecule has 1 aliphatic heterocycles. The molecule has 1 aromatic heterocycles. The fourth-order valence-electron chi connectivity index (χ4n) is 3.62. The second kappa shape index (κ2) is 9.45. The second-order valence-electron chi connectivity index (χ2n) is 7.40. The Morgan fingerprint density at radius 2 is 1.91 bits per heavy atom. The van der Waals surface area contributed by atoms with Gasteiger partial charge < -0.3 is 10.1 Å². The molecule has 0 radical (unpaired) electrons. The molecule has 168 valence electrons. The number of ether oxygens (including phenoxy) is 1. The van der Waals surface area contributed by atoms with E-state index in [9.17, 15) is 13.2 Å². The summed E-state index contributed by atoms with van der Waals surface area (Å²) in [5, 5.41) is 13.8. The molecule has 1 N–H and O–H groups in total. The monoisotopic (exact) mass is 456 g/mol. The average Bonchev–Trinajstić information content (AvgIpc) is 3.36. The van der Waals surface area contributed by atoms with Crippen molar-refractivity contribution in [2.45, 2.75) is 24.7 Å². The van der Waals surface area contributed by atoms with Gasteiger partial charge in [-0.1, -0.05) is 0 Å². The van der Waals surface area contributed by atoms with Crippen LogP contribution in [0.1, 0.15) is 19.8 Å². The summed E-state index contributed by atoms with van der Waals surface area (Å²) in [6.45, 7) is 2.99. The fraction of sp³-hybridized carbons (Fsp3) is 0.333. The quantitative estimate of drug-likeness (QED) is 0.578. The number of sulfonamides is 1. The zero-order valence-electron chi connectivity index (χ0n) is 17.6. The summed E-state index contributed by atoms with van der Waals surface area (Å²) in [6, 6.07) is 13.4. The lowest BCUT2D eigenvalue weighted by atomic mass is 9.99. The van der Waals surface area contributed by atoms with Crippen LogP contribution < -0.4 is 10.1 Å². The molecular weight excluding hydrogens is 432 g/mol. The highest BCUT2D eigenvalue weighted by atomic mass is 32.2. The molecule has 4 rings (SSSR count). The number of hydrogen-bond donors (Lipinski definition) is 1. The minimum absolute atomic E-state index is 0.139. The van der Waals surface area contributed by atoms with Gasteiger partial charge in [-0.25, -0.2) is 13.1 Å². The van der Waals surface area contributed by atoms with Crippen LogP contribution in [-0.4, -0.2) is 58.5 Å². The summed E-state index contributed by atoms with van der Waals surface area (Å²) in [6.07, 6.45) is 2.68. The molecule has 11 heteroatoms. The zero-order chi connectivity index (χ0) is 22.6. The van der Waals surface area contributed by atoms with Gasteiger partial charge >= 0.3 is 0 Å². The van der Waals surface area contributed by atoms with Crippen LogP contribution in [0.4, 0.5) is 5.69 Å². The third kappa shape index (κ3) is 4.78. The van der Waals surface area contributed by atoms with Gasteiger partial charge in [0.2, 0.25) is 15.9 Å². The smallest absolute Gasteiger partial charge is 0.243 e. The highest BCUT2D eigenvalue weighted by Crippen LogP contribution is 2.26. The molecule has 3 aromatic rings. The lowest BCUT2D eigenvalue weighted by Gasteiger charge is -2.31. The normalized spacial score (nSPS) is 17.1. The van der Waals surface area contributed by atoms with Crippen molar-refractivity contribution in [1.29, 1.82) is 0 Å². The number of carbonyl (C=O) groups excluding carboxylic acids is 1. The standard InChI is InChI=1S/C21H24N6O4S/c1-2-31-19-9-5-17(6-10-19)23-21(28)16-4-3-13-26(14-16)32(29,30)20-11-7-18(8-12-20)27-15-22-24-25-27/h5-12,15-16H,2-4,13-14H2,1H3,(H,23,28)/t16-/m0/s1. The topological polar surface area (TPSA) is 119 Å². The van der Waals surface area contributed by atoms with Crippen LogP contribution in [0, 0.1) is 5.92 Å². The van der Waals surface area contributed by atoms with Gasteiger partial charge in [-0.15, -0.1) is 5.10 Å². The largest absolute Gasteiger partial charge is 0.494 e. The van der Waals surface area contributed by atoms with Crippen molar-refractivity contribution in [3.63, 3.8) is 0 Å². The highest BCUT2D eigenvalue weighted by Gasteiger charge is 2.33. The molecule has 1 aliphatic rings. The summed E-state index contributed by atoms with van der Waals surface area (Å²) in [5.74, 6) is 0.111. The van der Waals surface area contributed by atoms with Crippen molar-refractivity contribution in [3.8, 4) is 11.4 Å². The van der Waals surface area contributed by atoms with Crippen LogP contribution >= 0.6 is 0 Å². The molecule has 0 aliphatic carbocycles. The van der Waals surface area contributed by atoms with Gasteiger partial charge in [0.1, 0.15) is 12.1 Å². The molecule has 0 bridgehead atoms. The summed E-state index contributed by atoms with van der Waals surface area (Å²) in [5.41, 5.74) is 1.30. The molecular formula is C21H24N6O4S. The maximum Gasteiger partial charge on any atom is 0.243 e. The van der Waals surface area contributed by atoms with E-state index in [-0.39, 0.29) is 17.3 Å². The van der Waals surface area contributed by atoms with Crippen LogP contribution in [0.15, 0.2) is 59.8 Å². The number of hydrogen-bond acceptors (Lipinski definition) is 7. The van der Waals surface area contributed by atoms with Crippen molar-refractivity contribution >= 4 is 21.6 Å². The zero-order valence-corrected chi connectivity index (χ0v) is 18.4. The Balaban J connectivity index is 1.42. The molecule has 10 nitrogen and oxygen atoms in total. The van der Waals surface area contributed by atoms with E-state index in [1.54, 1.807) is 36.4 Å². The van der Waals surface area contributed by atoms with E-state index in [0.29, 0.717) is 37.4 Å². The third-order valence-corrected chi connectivity index (χ3v) is 7.16. The number of tetrazole rings is 1. The lowest BCUT2D eigenvalue weighted by Crippen LogP contribution is -2.43. The summed E-state index contributed by atoms with van der Waals surface area (Å²) < 4.78 is 34.5. The van der Waals surface area contributed by atoms with Gasteiger partial charge in [-0.2, -0.15) is 4.31 Å². The number of nitrogens with zero attached hydrogens (tertiary/aromatic N) is 5. The molecule has 2 heterocycles. The average molecular weight is 457 g/mol. The third-order valence-electron chi connectivity index (χ3n) is 5.28. The van der Waals surface area contributed by atoms with Crippen molar-refractivity contribution in [3.05, 3.63) is 54.9 Å². The molecule has 2 aromatic carbocycles. The minimum Gasteiger partial charge on any atom is -0.494 e. The first-order valence-corrected chi connectivity index (χ1v) is 11.8. The van der Waals surface area contributed by atoms with Gasteiger partial charge in [0.25, 0.3) is 0 Å². The van der Waals surface area contributed by atoms with Crippen LogP contribution in [0.25, 0.3) is 5.69 Å². The molecule has 1 fully saturated rings. The van der Waals surface area contributed by atoms with Crippen molar-refractivity contribution in [2.24, 2.45) is 5.92 Å². The number of carbonyl (C=O) groups is 1. The molecule has 1 atom stereocenters. The second-order valence-corrected chi connectivity index (χ2v) is 9.34. The Morgan fingerprint density at radius 1 is 1.16 bits per heavy atom. The van der Waals surface area contributed by atoms with Gasteiger partial charge in [0.15, 0.2) is 0 Å².